The van der Waals surface area contributed by atoms with Gasteiger partial charge >= 0.3 is 0 Å². The molecule has 0 spiro atoms. The molecule has 1 saturated carbocycles. The molecule has 21 heavy (non-hydrogen) atoms. The fraction of sp³-hybridized carbons (Fsp3) is 0.562. The first-order valence-corrected chi connectivity index (χ1v) is 7.67. The van der Waals surface area contributed by atoms with Crippen LogP contribution in [0.3, 0.4) is 0 Å². The minimum Gasteiger partial charge on any atom is -0.368 e. The van der Waals surface area contributed by atoms with Crippen LogP contribution in [0.25, 0.3) is 0 Å². The summed E-state index contributed by atoms with van der Waals surface area (Å²) < 4.78 is 0. The first-order valence-electron chi connectivity index (χ1n) is 7.67. The molecule has 5 nitrogen and oxygen atoms in total. The van der Waals surface area contributed by atoms with E-state index in [9.17, 15) is 10.1 Å². The second kappa shape index (κ2) is 5.72. The second-order valence-electron chi connectivity index (χ2n) is 5.96. The van der Waals surface area contributed by atoms with Gasteiger partial charge in [-0.1, -0.05) is 12.8 Å². The summed E-state index contributed by atoms with van der Waals surface area (Å²) in [7, 11) is 0. The van der Waals surface area contributed by atoms with Crippen LogP contribution in [0.15, 0.2) is 6.07 Å². The third-order valence-corrected chi connectivity index (χ3v) is 4.51. The van der Waals surface area contributed by atoms with Gasteiger partial charge in [0.15, 0.2) is 0 Å². The second-order valence-corrected chi connectivity index (χ2v) is 5.96. The van der Waals surface area contributed by atoms with E-state index in [1.165, 1.54) is 5.56 Å². The Kier molecular flexibility index (Phi) is 3.78. The number of carbonyl (C=O) groups excluding carboxylic acids is 1. The average Bonchev–Trinajstić information content (AvgIpc) is 3.13. The topological polar surface area (TPSA) is 83.0 Å². The molecule has 1 aromatic rings. The van der Waals surface area contributed by atoms with Crippen molar-refractivity contribution >= 4 is 11.7 Å². The van der Waals surface area contributed by atoms with Crippen molar-refractivity contribution in [2.75, 3.05) is 11.4 Å². The number of rotatable bonds is 4. The molecule has 0 radical (unpaired) electrons. The maximum absolute atomic E-state index is 11.4. The molecule has 110 valence electrons. The highest BCUT2D eigenvalue weighted by atomic mass is 16.1. The van der Waals surface area contributed by atoms with Crippen molar-refractivity contribution in [3.8, 4) is 6.07 Å². The predicted octanol–water partition coefficient (Wildman–Crippen LogP) is 1.68. The van der Waals surface area contributed by atoms with Crippen LogP contribution in [0.1, 0.15) is 48.9 Å². The summed E-state index contributed by atoms with van der Waals surface area (Å²) in [5.74, 6) is 0.289. The lowest BCUT2D eigenvalue weighted by Gasteiger charge is -2.30. The van der Waals surface area contributed by atoms with Gasteiger partial charge in [-0.15, -0.1) is 0 Å². The third-order valence-electron chi connectivity index (χ3n) is 4.51. The number of aromatic nitrogens is 1. The number of amides is 1. The maximum atomic E-state index is 11.4. The zero-order valence-electron chi connectivity index (χ0n) is 12.1. The Labute approximate surface area is 124 Å². The summed E-state index contributed by atoms with van der Waals surface area (Å²) in [6.07, 6.45) is 7.45. The van der Waals surface area contributed by atoms with Crippen molar-refractivity contribution in [2.24, 2.45) is 5.73 Å². The number of fused-ring (bicyclic) bond motifs is 1. The van der Waals surface area contributed by atoms with Crippen LogP contribution in [0.4, 0.5) is 5.82 Å². The first-order chi connectivity index (χ1) is 10.2. The lowest BCUT2D eigenvalue weighted by atomic mass is 10.1. The van der Waals surface area contributed by atoms with Crippen LogP contribution < -0.4 is 10.6 Å². The van der Waals surface area contributed by atoms with Gasteiger partial charge < -0.3 is 10.6 Å². The Morgan fingerprint density at radius 1 is 1.38 bits per heavy atom. The van der Waals surface area contributed by atoms with Gasteiger partial charge in [0.25, 0.3) is 0 Å². The molecule has 2 N–H and O–H groups in total. The molecule has 1 heterocycles. The fourth-order valence-corrected chi connectivity index (χ4v) is 3.52. The molecule has 0 atom stereocenters. The van der Waals surface area contributed by atoms with Crippen LogP contribution in [0.5, 0.6) is 0 Å². The molecule has 3 rings (SSSR count). The maximum Gasteiger partial charge on any atom is 0.237 e. The molecule has 1 amide bonds. The molecule has 2 aliphatic rings. The summed E-state index contributed by atoms with van der Waals surface area (Å²) in [5, 5.41) is 9.44. The Balaban J connectivity index is 2.01. The van der Waals surface area contributed by atoms with Gasteiger partial charge in [-0.3, -0.25) is 4.79 Å². The number of carbonyl (C=O) groups is 1. The van der Waals surface area contributed by atoms with Crippen LogP contribution in [-0.2, 0) is 17.6 Å². The molecule has 2 aliphatic carbocycles. The van der Waals surface area contributed by atoms with E-state index >= 15 is 0 Å². The van der Waals surface area contributed by atoms with Crippen LogP contribution >= 0.6 is 0 Å². The molecule has 5 heteroatoms. The zero-order valence-corrected chi connectivity index (χ0v) is 12.1. The van der Waals surface area contributed by atoms with Gasteiger partial charge in [-0.2, -0.15) is 5.26 Å². The monoisotopic (exact) mass is 284 g/mol. The first kappa shape index (κ1) is 13.9. The van der Waals surface area contributed by atoms with Crippen molar-refractivity contribution in [3.05, 3.63) is 22.9 Å². The summed E-state index contributed by atoms with van der Waals surface area (Å²) in [6.45, 7) is 0.144. The minimum atomic E-state index is -0.368. The van der Waals surface area contributed by atoms with E-state index in [1.54, 1.807) is 0 Å². The molecule has 0 unspecified atom stereocenters. The zero-order chi connectivity index (χ0) is 14.8. The quantitative estimate of drug-likeness (QED) is 0.911. The predicted molar refractivity (Wildman–Crippen MR) is 79.8 cm³/mol. The fourth-order valence-electron chi connectivity index (χ4n) is 3.52. The standard InChI is InChI=1S/C16H20N4O/c17-9-12-8-11-4-3-7-14(11)19-16(12)20(10-15(18)21)13-5-1-2-6-13/h8,13H,1-7,10H2,(H2,18,21). The average molecular weight is 284 g/mol. The third kappa shape index (κ3) is 2.71. The molecule has 1 fully saturated rings. The van der Waals surface area contributed by atoms with E-state index in [4.69, 9.17) is 10.7 Å². The Bertz CT molecular complexity index is 599. The number of hydrogen-bond acceptors (Lipinski definition) is 4. The van der Waals surface area contributed by atoms with E-state index in [2.05, 4.69) is 6.07 Å². The molecule has 0 aromatic carbocycles. The highest BCUT2D eigenvalue weighted by Crippen LogP contribution is 2.32. The molecule has 0 aliphatic heterocycles. The number of pyridine rings is 1. The molecular formula is C16H20N4O. The number of primary amides is 1. The number of hydrogen-bond donors (Lipinski definition) is 1. The number of anilines is 1. The van der Waals surface area contributed by atoms with E-state index < -0.39 is 0 Å². The number of nitrogens with zero attached hydrogens (tertiary/aromatic N) is 3. The summed E-state index contributed by atoms with van der Waals surface area (Å²) in [6, 6.07) is 4.47. The van der Waals surface area contributed by atoms with Crippen LogP contribution in [0.2, 0.25) is 0 Å². The van der Waals surface area contributed by atoms with E-state index in [-0.39, 0.29) is 18.5 Å². The van der Waals surface area contributed by atoms with Gasteiger partial charge in [0.05, 0.1) is 12.1 Å². The molecular weight excluding hydrogens is 264 g/mol. The Morgan fingerprint density at radius 2 is 2.14 bits per heavy atom. The van der Waals surface area contributed by atoms with Crippen molar-refractivity contribution in [1.82, 2.24) is 4.98 Å². The van der Waals surface area contributed by atoms with Crippen molar-refractivity contribution in [1.29, 1.82) is 5.26 Å². The van der Waals surface area contributed by atoms with E-state index in [0.29, 0.717) is 11.4 Å². The lowest BCUT2D eigenvalue weighted by molar-refractivity contribution is -0.116. The van der Waals surface area contributed by atoms with E-state index in [1.807, 2.05) is 11.0 Å². The van der Waals surface area contributed by atoms with Gasteiger partial charge in [0.2, 0.25) is 5.91 Å². The molecule has 1 aromatic heterocycles. The number of nitrogens with two attached hydrogens (primary N) is 1. The lowest BCUT2D eigenvalue weighted by Crippen LogP contribution is -2.41. The SMILES string of the molecule is N#Cc1cc2c(nc1N(CC(N)=O)C1CCCC1)CCC2. The summed E-state index contributed by atoms with van der Waals surface area (Å²) in [4.78, 5) is 18.1. The molecule has 0 bridgehead atoms. The Morgan fingerprint density at radius 3 is 2.81 bits per heavy atom. The number of aryl methyl sites for hydroxylation is 2. The van der Waals surface area contributed by atoms with Gasteiger partial charge in [-0.25, -0.2) is 4.98 Å². The van der Waals surface area contributed by atoms with Crippen LogP contribution in [0, 0.1) is 11.3 Å². The molecule has 0 saturated heterocycles. The largest absolute Gasteiger partial charge is 0.368 e. The Hall–Kier alpha value is -2.09. The highest BCUT2D eigenvalue weighted by molar-refractivity contribution is 5.80. The van der Waals surface area contributed by atoms with E-state index in [0.717, 1.165) is 50.6 Å². The van der Waals surface area contributed by atoms with Crippen molar-refractivity contribution in [3.63, 3.8) is 0 Å². The summed E-state index contributed by atoms with van der Waals surface area (Å²) in [5.41, 5.74) is 8.25. The van der Waals surface area contributed by atoms with Crippen molar-refractivity contribution < 1.29 is 4.79 Å². The summed E-state index contributed by atoms with van der Waals surface area (Å²) >= 11 is 0. The van der Waals surface area contributed by atoms with Crippen LogP contribution in [-0.4, -0.2) is 23.5 Å². The van der Waals surface area contributed by atoms with Gasteiger partial charge in [-0.05, 0) is 43.7 Å². The van der Waals surface area contributed by atoms with Gasteiger partial charge in [0, 0.05) is 11.7 Å². The highest BCUT2D eigenvalue weighted by Gasteiger charge is 2.28. The van der Waals surface area contributed by atoms with Gasteiger partial charge in [0.1, 0.15) is 11.9 Å². The normalized spacial score (nSPS) is 17.5. The van der Waals surface area contributed by atoms with Crippen molar-refractivity contribution in [2.45, 2.75) is 51.0 Å². The smallest absolute Gasteiger partial charge is 0.237 e. The minimum absolute atomic E-state index is 0.144. The number of nitriles is 1.